The minimum atomic E-state index is -3.63. The number of sulfonamides is 1. The van der Waals surface area contributed by atoms with Gasteiger partial charge in [0.1, 0.15) is 6.04 Å². The van der Waals surface area contributed by atoms with Crippen LogP contribution in [0, 0.1) is 0 Å². The van der Waals surface area contributed by atoms with Gasteiger partial charge in [-0.25, -0.2) is 8.42 Å². The van der Waals surface area contributed by atoms with Crippen LogP contribution in [0.3, 0.4) is 0 Å². The maximum Gasteiger partial charge on any atom is 0.244 e. The topological polar surface area (TPSA) is 66.5 Å². The van der Waals surface area contributed by atoms with E-state index in [9.17, 15) is 13.2 Å². The molecule has 1 atom stereocenters. The zero-order valence-electron chi connectivity index (χ0n) is 12.0. The van der Waals surface area contributed by atoms with Gasteiger partial charge in [-0.15, -0.1) is 6.58 Å². The molecular formula is C14H19ClN2O3S. The van der Waals surface area contributed by atoms with Crippen molar-refractivity contribution >= 4 is 33.2 Å². The second-order valence-corrected chi connectivity index (χ2v) is 6.79. The second-order valence-electron chi connectivity index (χ2n) is 4.50. The molecule has 0 aromatic heterocycles. The van der Waals surface area contributed by atoms with Crippen molar-refractivity contribution in [2.75, 3.05) is 17.1 Å². The first-order chi connectivity index (χ1) is 9.81. The van der Waals surface area contributed by atoms with Crippen molar-refractivity contribution in [3.8, 4) is 0 Å². The minimum absolute atomic E-state index is 0.280. The fraction of sp³-hybridized carbons (Fsp3) is 0.357. The van der Waals surface area contributed by atoms with Crippen LogP contribution in [-0.2, 0) is 14.8 Å². The molecule has 7 heteroatoms. The molecule has 0 saturated heterocycles. The minimum Gasteiger partial charge on any atom is -0.351 e. The maximum absolute atomic E-state index is 12.2. The monoisotopic (exact) mass is 330 g/mol. The smallest absolute Gasteiger partial charge is 0.244 e. The number of hydrogen-bond donors (Lipinski definition) is 1. The van der Waals surface area contributed by atoms with Crippen molar-refractivity contribution in [2.45, 2.75) is 19.4 Å². The van der Waals surface area contributed by atoms with Crippen LogP contribution in [0.15, 0.2) is 36.9 Å². The lowest BCUT2D eigenvalue weighted by molar-refractivity contribution is -0.122. The molecule has 0 unspecified atom stereocenters. The van der Waals surface area contributed by atoms with Crippen LogP contribution in [0.5, 0.6) is 0 Å². The van der Waals surface area contributed by atoms with E-state index in [4.69, 9.17) is 11.6 Å². The molecule has 0 aliphatic heterocycles. The average Bonchev–Trinajstić information content (AvgIpc) is 2.40. The summed E-state index contributed by atoms with van der Waals surface area (Å²) in [6, 6.07) is 5.58. The summed E-state index contributed by atoms with van der Waals surface area (Å²) < 4.78 is 25.3. The SMILES string of the molecule is C=CCNC(=O)[C@H](CC)N(c1cccc(Cl)c1)S(C)(=O)=O. The van der Waals surface area contributed by atoms with Crippen molar-refractivity contribution < 1.29 is 13.2 Å². The Morgan fingerprint density at radius 1 is 1.52 bits per heavy atom. The molecule has 0 radical (unpaired) electrons. The first-order valence-corrected chi connectivity index (χ1v) is 8.67. The number of anilines is 1. The quantitative estimate of drug-likeness (QED) is 0.779. The van der Waals surface area contributed by atoms with Gasteiger partial charge in [0.25, 0.3) is 0 Å². The molecule has 1 rings (SSSR count). The fourth-order valence-electron chi connectivity index (χ4n) is 1.96. The van der Waals surface area contributed by atoms with Crippen LogP contribution < -0.4 is 9.62 Å². The zero-order valence-corrected chi connectivity index (χ0v) is 13.6. The number of carbonyl (C=O) groups excluding carboxylic acids is 1. The van der Waals surface area contributed by atoms with E-state index < -0.39 is 16.1 Å². The fourth-order valence-corrected chi connectivity index (χ4v) is 3.35. The molecule has 1 amide bonds. The zero-order chi connectivity index (χ0) is 16.0. The number of carbonyl (C=O) groups is 1. The summed E-state index contributed by atoms with van der Waals surface area (Å²) in [6.45, 7) is 5.55. The Balaban J connectivity index is 3.24. The van der Waals surface area contributed by atoms with Gasteiger partial charge >= 0.3 is 0 Å². The van der Waals surface area contributed by atoms with Crippen molar-refractivity contribution in [3.05, 3.63) is 41.9 Å². The van der Waals surface area contributed by atoms with Crippen molar-refractivity contribution in [2.24, 2.45) is 0 Å². The molecule has 0 fully saturated rings. The van der Waals surface area contributed by atoms with Gasteiger partial charge in [-0.1, -0.05) is 30.7 Å². The molecule has 0 aliphatic rings. The first kappa shape index (κ1) is 17.5. The number of nitrogens with zero attached hydrogens (tertiary/aromatic N) is 1. The summed E-state index contributed by atoms with van der Waals surface area (Å²) >= 11 is 5.91. The molecule has 116 valence electrons. The highest BCUT2D eigenvalue weighted by Gasteiger charge is 2.31. The Hall–Kier alpha value is -1.53. The summed E-state index contributed by atoms with van der Waals surface area (Å²) in [5, 5.41) is 3.03. The van der Waals surface area contributed by atoms with E-state index in [0.29, 0.717) is 17.1 Å². The summed E-state index contributed by atoms with van der Waals surface area (Å²) in [5.41, 5.74) is 0.366. The lowest BCUT2D eigenvalue weighted by Gasteiger charge is -2.30. The van der Waals surface area contributed by atoms with E-state index >= 15 is 0 Å². The third-order valence-corrected chi connectivity index (χ3v) is 4.23. The summed E-state index contributed by atoms with van der Waals surface area (Å²) in [4.78, 5) is 12.2. The van der Waals surface area contributed by atoms with Gasteiger partial charge in [0.05, 0.1) is 11.9 Å². The van der Waals surface area contributed by atoms with Gasteiger partial charge in [-0.05, 0) is 24.6 Å². The molecular weight excluding hydrogens is 312 g/mol. The molecule has 0 spiro atoms. The van der Waals surface area contributed by atoms with Crippen LogP contribution in [0.4, 0.5) is 5.69 Å². The van der Waals surface area contributed by atoms with Gasteiger partial charge in [0.15, 0.2) is 0 Å². The van der Waals surface area contributed by atoms with Crippen LogP contribution in [0.1, 0.15) is 13.3 Å². The number of rotatable bonds is 7. The predicted octanol–water partition coefficient (Wildman–Crippen LogP) is 2.19. The molecule has 5 nitrogen and oxygen atoms in total. The van der Waals surface area contributed by atoms with Crippen LogP contribution in [0.2, 0.25) is 5.02 Å². The van der Waals surface area contributed by atoms with Gasteiger partial charge < -0.3 is 5.32 Å². The third-order valence-electron chi connectivity index (χ3n) is 2.81. The molecule has 21 heavy (non-hydrogen) atoms. The largest absolute Gasteiger partial charge is 0.351 e. The summed E-state index contributed by atoms with van der Waals surface area (Å²) in [5.74, 6) is -0.372. The molecule has 1 aromatic carbocycles. The number of nitrogens with one attached hydrogen (secondary N) is 1. The molecule has 0 saturated carbocycles. The highest BCUT2D eigenvalue weighted by Crippen LogP contribution is 2.25. The second kappa shape index (κ2) is 7.47. The summed E-state index contributed by atoms with van der Waals surface area (Å²) in [7, 11) is -3.63. The molecule has 1 N–H and O–H groups in total. The Bertz CT molecular complexity index is 616. The van der Waals surface area contributed by atoms with Gasteiger partial charge in [0.2, 0.25) is 15.9 Å². The van der Waals surface area contributed by atoms with E-state index in [-0.39, 0.29) is 12.5 Å². The normalized spacial score (nSPS) is 12.5. The Morgan fingerprint density at radius 2 is 2.19 bits per heavy atom. The van der Waals surface area contributed by atoms with Crippen LogP contribution >= 0.6 is 11.6 Å². The maximum atomic E-state index is 12.2. The van der Waals surface area contributed by atoms with Gasteiger partial charge in [0, 0.05) is 11.6 Å². The standard InChI is InChI=1S/C14H19ClN2O3S/c1-4-9-16-14(18)13(5-2)17(21(3,19)20)12-8-6-7-11(15)10-12/h4,6-8,10,13H,1,5,9H2,2-3H3,(H,16,18)/t13-/m0/s1. The highest BCUT2D eigenvalue weighted by atomic mass is 35.5. The molecule has 0 aliphatic carbocycles. The highest BCUT2D eigenvalue weighted by molar-refractivity contribution is 7.92. The van der Waals surface area contributed by atoms with E-state index in [2.05, 4.69) is 11.9 Å². The van der Waals surface area contributed by atoms with Crippen LogP contribution in [0.25, 0.3) is 0 Å². The van der Waals surface area contributed by atoms with E-state index in [1.54, 1.807) is 25.1 Å². The van der Waals surface area contributed by atoms with E-state index in [0.717, 1.165) is 10.6 Å². The first-order valence-electron chi connectivity index (χ1n) is 6.44. The lowest BCUT2D eigenvalue weighted by Crippen LogP contribution is -2.49. The number of amides is 1. The molecule has 0 heterocycles. The number of halogens is 1. The van der Waals surface area contributed by atoms with Gasteiger partial charge in [-0.3, -0.25) is 9.10 Å². The lowest BCUT2D eigenvalue weighted by atomic mass is 10.2. The average molecular weight is 331 g/mol. The van der Waals surface area contributed by atoms with Gasteiger partial charge in [-0.2, -0.15) is 0 Å². The Kier molecular flexibility index (Phi) is 6.23. The van der Waals surface area contributed by atoms with Crippen molar-refractivity contribution in [1.29, 1.82) is 0 Å². The van der Waals surface area contributed by atoms with Crippen molar-refractivity contribution in [1.82, 2.24) is 5.32 Å². The van der Waals surface area contributed by atoms with E-state index in [1.807, 2.05) is 0 Å². The molecule has 1 aromatic rings. The number of hydrogen-bond acceptors (Lipinski definition) is 3. The van der Waals surface area contributed by atoms with Crippen LogP contribution in [-0.4, -0.2) is 33.2 Å². The third kappa shape index (κ3) is 4.75. The summed E-state index contributed by atoms with van der Waals surface area (Å²) in [6.07, 6.45) is 2.94. The molecule has 0 bridgehead atoms. The van der Waals surface area contributed by atoms with Crippen molar-refractivity contribution in [3.63, 3.8) is 0 Å². The van der Waals surface area contributed by atoms with E-state index in [1.165, 1.54) is 12.1 Å². The predicted molar refractivity (Wildman–Crippen MR) is 86.1 cm³/mol. The number of benzene rings is 1. The Morgan fingerprint density at radius 3 is 2.67 bits per heavy atom. The Labute approximate surface area is 130 Å².